The van der Waals surface area contributed by atoms with E-state index in [1.807, 2.05) is 0 Å². The van der Waals surface area contributed by atoms with E-state index in [1.165, 1.54) is 24.3 Å². The van der Waals surface area contributed by atoms with Gasteiger partial charge in [-0.15, -0.1) is 0 Å². The van der Waals surface area contributed by atoms with Gasteiger partial charge in [-0.1, -0.05) is 19.1 Å². The van der Waals surface area contributed by atoms with Crippen molar-refractivity contribution in [1.82, 2.24) is 0 Å². The van der Waals surface area contributed by atoms with E-state index in [9.17, 15) is 12.8 Å². The maximum atomic E-state index is 12.6. The summed E-state index contributed by atoms with van der Waals surface area (Å²) in [5.74, 6) is -0.825. The molecule has 0 saturated carbocycles. The van der Waals surface area contributed by atoms with Crippen molar-refractivity contribution in [3.8, 4) is 0 Å². The molecule has 0 aliphatic heterocycles. The molecule has 5 heteroatoms. The second-order valence-electron chi connectivity index (χ2n) is 3.97. The lowest BCUT2D eigenvalue weighted by Gasteiger charge is -2.08. The Morgan fingerprint density at radius 2 is 1.88 bits per heavy atom. The maximum absolute atomic E-state index is 12.6. The molecule has 90 valence electrons. The Kier molecular flexibility index (Phi) is 4.44. The Balaban J connectivity index is 2.69. The zero-order valence-electron chi connectivity index (χ0n) is 9.06. The highest BCUT2D eigenvalue weighted by Crippen LogP contribution is 2.10. The minimum atomic E-state index is -3.24. The first-order valence-corrected chi connectivity index (χ1v) is 6.81. The van der Waals surface area contributed by atoms with Gasteiger partial charge in [-0.2, -0.15) is 0 Å². The summed E-state index contributed by atoms with van der Waals surface area (Å²) in [6.45, 7) is 1.52. The van der Waals surface area contributed by atoms with Crippen molar-refractivity contribution in [3.05, 3.63) is 35.6 Å². The average molecular weight is 246 g/mol. The van der Waals surface area contributed by atoms with Crippen LogP contribution in [0.4, 0.5) is 4.39 Å². The number of aliphatic hydroxyl groups excluding tert-OH is 1. The fraction of sp³-hybridized carbons (Fsp3) is 0.455. The Morgan fingerprint density at radius 1 is 1.31 bits per heavy atom. The zero-order chi connectivity index (χ0) is 12.2. The molecular formula is C11H15FO3S. The summed E-state index contributed by atoms with van der Waals surface area (Å²) in [6.07, 6.45) is 0. The largest absolute Gasteiger partial charge is 0.396 e. The van der Waals surface area contributed by atoms with Gasteiger partial charge < -0.3 is 5.11 Å². The van der Waals surface area contributed by atoms with E-state index in [0.29, 0.717) is 5.56 Å². The third kappa shape index (κ3) is 4.28. The van der Waals surface area contributed by atoms with Crippen molar-refractivity contribution in [2.24, 2.45) is 5.92 Å². The summed E-state index contributed by atoms with van der Waals surface area (Å²) >= 11 is 0. The van der Waals surface area contributed by atoms with Gasteiger partial charge in [-0.25, -0.2) is 12.8 Å². The predicted molar refractivity (Wildman–Crippen MR) is 60.1 cm³/mol. The SMILES string of the molecule is CC(CO)CS(=O)(=O)Cc1ccc(F)cc1. The topological polar surface area (TPSA) is 54.4 Å². The molecule has 1 rings (SSSR count). The quantitative estimate of drug-likeness (QED) is 0.853. The molecule has 0 radical (unpaired) electrons. The molecule has 0 amide bonds. The van der Waals surface area contributed by atoms with E-state index in [4.69, 9.17) is 5.11 Å². The van der Waals surface area contributed by atoms with E-state index in [1.54, 1.807) is 6.92 Å². The smallest absolute Gasteiger partial charge is 0.154 e. The predicted octanol–water partition coefficient (Wildman–Crippen LogP) is 1.37. The molecule has 0 bridgehead atoms. The van der Waals surface area contributed by atoms with Crippen LogP contribution < -0.4 is 0 Å². The lowest BCUT2D eigenvalue weighted by molar-refractivity contribution is 0.249. The van der Waals surface area contributed by atoms with Crippen LogP contribution in [0.3, 0.4) is 0 Å². The van der Waals surface area contributed by atoms with Crippen molar-refractivity contribution in [2.75, 3.05) is 12.4 Å². The molecule has 0 spiro atoms. The number of hydrogen-bond acceptors (Lipinski definition) is 3. The van der Waals surface area contributed by atoms with E-state index >= 15 is 0 Å². The van der Waals surface area contributed by atoms with Crippen molar-refractivity contribution in [2.45, 2.75) is 12.7 Å². The highest BCUT2D eigenvalue weighted by Gasteiger charge is 2.16. The van der Waals surface area contributed by atoms with E-state index in [-0.39, 0.29) is 29.8 Å². The Bertz CT molecular complexity index is 425. The first-order chi connectivity index (χ1) is 7.43. The monoisotopic (exact) mass is 246 g/mol. The van der Waals surface area contributed by atoms with E-state index in [0.717, 1.165) is 0 Å². The third-order valence-electron chi connectivity index (χ3n) is 2.15. The van der Waals surface area contributed by atoms with Gasteiger partial charge in [0, 0.05) is 6.61 Å². The standard InChI is InChI=1S/C11H15FO3S/c1-9(6-13)7-16(14,15)8-10-2-4-11(12)5-3-10/h2-5,9,13H,6-8H2,1H3. The summed E-state index contributed by atoms with van der Waals surface area (Å²) in [5, 5.41) is 8.79. The second kappa shape index (κ2) is 5.41. The van der Waals surface area contributed by atoms with Crippen LogP contribution >= 0.6 is 0 Å². The number of aliphatic hydroxyl groups is 1. The van der Waals surface area contributed by atoms with Crippen LogP contribution in [0.5, 0.6) is 0 Å². The molecule has 0 saturated heterocycles. The molecule has 1 unspecified atom stereocenters. The lowest BCUT2D eigenvalue weighted by Crippen LogP contribution is -2.18. The summed E-state index contributed by atoms with van der Waals surface area (Å²) < 4.78 is 35.9. The lowest BCUT2D eigenvalue weighted by atomic mass is 10.2. The van der Waals surface area contributed by atoms with Crippen LogP contribution in [-0.2, 0) is 15.6 Å². The first-order valence-electron chi connectivity index (χ1n) is 4.98. The van der Waals surface area contributed by atoms with Gasteiger partial charge in [-0.05, 0) is 23.6 Å². The molecule has 0 aromatic heterocycles. The van der Waals surface area contributed by atoms with Gasteiger partial charge in [0.1, 0.15) is 5.82 Å². The van der Waals surface area contributed by atoms with Crippen LogP contribution in [0.15, 0.2) is 24.3 Å². The van der Waals surface area contributed by atoms with Crippen LogP contribution in [-0.4, -0.2) is 25.9 Å². The van der Waals surface area contributed by atoms with Gasteiger partial charge in [-0.3, -0.25) is 0 Å². The van der Waals surface area contributed by atoms with Crippen LogP contribution in [0.25, 0.3) is 0 Å². The Labute approximate surface area is 94.8 Å². The molecule has 3 nitrogen and oxygen atoms in total. The first kappa shape index (κ1) is 13.1. The summed E-state index contributed by atoms with van der Waals surface area (Å²) in [4.78, 5) is 0. The Morgan fingerprint density at radius 3 is 2.38 bits per heavy atom. The van der Waals surface area contributed by atoms with Crippen molar-refractivity contribution in [3.63, 3.8) is 0 Å². The number of sulfone groups is 1. The van der Waals surface area contributed by atoms with Gasteiger partial charge in [0.25, 0.3) is 0 Å². The molecule has 1 aromatic carbocycles. The number of halogens is 1. The number of rotatable bonds is 5. The van der Waals surface area contributed by atoms with Crippen molar-refractivity contribution < 1.29 is 17.9 Å². The maximum Gasteiger partial charge on any atom is 0.154 e. The fourth-order valence-electron chi connectivity index (χ4n) is 1.38. The summed E-state index contributed by atoms with van der Waals surface area (Å²) in [6, 6.07) is 5.38. The molecular weight excluding hydrogens is 231 g/mol. The number of benzene rings is 1. The van der Waals surface area contributed by atoms with Gasteiger partial charge in [0.2, 0.25) is 0 Å². The van der Waals surface area contributed by atoms with Crippen molar-refractivity contribution >= 4 is 9.84 Å². The van der Waals surface area contributed by atoms with Crippen LogP contribution in [0, 0.1) is 11.7 Å². The molecule has 16 heavy (non-hydrogen) atoms. The van der Waals surface area contributed by atoms with Crippen LogP contribution in [0.1, 0.15) is 12.5 Å². The van der Waals surface area contributed by atoms with E-state index in [2.05, 4.69) is 0 Å². The highest BCUT2D eigenvalue weighted by molar-refractivity contribution is 7.90. The van der Waals surface area contributed by atoms with E-state index < -0.39 is 9.84 Å². The van der Waals surface area contributed by atoms with Gasteiger partial charge >= 0.3 is 0 Å². The molecule has 0 aliphatic carbocycles. The molecule has 0 heterocycles. The van der Waals surface area contributed by atoms with Gasteiger partial charge in [0.05, 0.1) is 11.5 Å². The van der Waals surface area contributed by atoms with Crippen molar-refractivity contribution in [1.29, 1.82) is 0 Å². The third-order valence-corrected chi connectivity index (χ3v) is 4.00. The molecule has 1 N–H and O–H groups in total. The molecule has 0 aliphatic rings. The Hall–Kier alpha value is -0.940. The average Bonchev–Trinajstić information content (AvgIpc) is 2.20. The zero-order valence-corrected chi connectivity index (χ0v) is 9.87. The minimum absolute atomic E-state index is 0.0547. The summed E-state index contributed by atoms with van der Waals surface area (Å²) in [7, 11) is -3.24. The molecule has 1 atom stereocenters. The number of hydrogen-bond donors (Lipinski definition) is 1. The second-order valence-corrected chi connectivity index (χ2v) is 6.08. The normalized spacial score (nSPS) is 13.7. The van der Waals surface area contributed by atoms with Gasteiger partial charge in [0.15, 0.2) is 9.84 Å². The molecule has 1 aromatic rings. The summed E-state index contributed by atoms with van der Waals surface area (Å²) in [5.41, 5.74) is 0.562. The molecule has 0 fully saturated rings. The minimum Gasteiger partial charge on any atom is -0.396 e. The fourth-order valence-corrected chi connectivity index (χ4v) is 3.17. The van der Waals surface area contributed by atoms with Crippen LogP contribution in [0.2, 0.25) is 0 Å². The highest BCUT2D eigenvalue weighted by atomic mass is 32.2.